The summed E-state index contributed by atoms with van der Waals surface area (Å²) in [6.45, 7) is 3.07. The summed E-state index contributed by atoms with van der Waals surface area (Å²) in [6.07, 6.45) is 0.835. The van der Waals surface area contributed by atoms with Crippen LogP contribution in [0.15, 0.2) is 24.3 Å². The minimum Gasteiger partial charge on any atom is -0.385 e. The Hall–Kier alpha value is -1.89. The normalized spacial score (nSPS) is 10.5. The molecule has 0 atom stereocenters. The topological polar surface area (TPSA) is 76.1 Å². The van der Waals surface area contributed by atoms with Crippen LogP contribution in [0.2, 0.25) is 10.0 Å². The third-order valence-corrected chi connectivity index (χ3v) is 3.46. The van der Waals surface area contributed by atoms with Crippen LogP contribution >= 0.6 is 23.2 Å². The van der Waals surface area contributed by atoms with Crippen molar-refractivity contribution in [2.75, 3.05) is 30.9 Å². The molecule has 2 rings (SSSR count). The second-order valence-electron chi connectivity index (χ2n) is 5.07. The second-order valence-corrected chi connectivity index (χ2v) is 5.94. The van der Waals surface area contributed by atoms with Crippen molar-refractivity contribution in [3.8, 4) is 0 Å². The Kier molecular flexibility index (Phi) is 6.78. The lowest BCUT2D eigenvalue weighted by Crippen LogP contribution is -2.16. The molecule has 2 N–H and O–H groups in total. The summed E-state index contributed by atoms with van der Waals surface area (Å²) >= 11 is 11.9. The van der Waals surface area contributed by atoms with Crippen LogP contribution in [-0.2, 0) is 4.74 Å². The number of anilines is 2. The van der Waals surface area contributed by atoms with Gasteiger partial charge in [0.05, 0.1) is 0 Å². The third-order valence-electron chi connectivity index (χ3n) is 3.02. The zero-order valence-electron chi connectivity index (χ0n) is 13.4. The molecule has 6 nitrogen and oxygen atoms in total. The van der Waals surface area contributed by atoms with E-state index in [1.54, 1.807) is 38.3 Å². The SMILES string of the molecule is COCCCNc1cc(C(=O)Nc2cc(Cl)cc(Cl)c2)nc(C)n1. The first-order valence-electron chi connectivity index (χ1n) is 7.34. The Labute approximate surface area is 150 Å². The molecule has 0 aliphatic carbocycles. The fourth-order valence-electron chi connectivity index (χ4n) is 2.03. The highest BCUT2D eigenvalue weighted by Crippen LogP contribution is 2.23. The molecule has 0 aliphatic rings. The highest BCUT2D eigenvalue weighted by Gasteiger charge is 2.11. The molecule has 0 bridgehead atoms. The van der Waals surface area contributed by atoms with Crippen LogP contribution in [-0.4, -0.2) is 36.1 Å². The van der Waals surface area contributed by atoms with Crippen LogP contribution < -0.4 is 10.6 Å². The first-order chi connectivity index (χ1) is 11.5. The molecule has 0 radical (unpaired) electrons. The molecule has 8 heteroatoms. The second kappa shape index (κ2) is 8.82. The molecule has 0 saturated heterocycles. The molecule has 128 valence electrons. The van der Waals surface area contributed by atoms with Crippen molar-refractivity contribution in [3.05, 3.63) is 45.8 Å². The van der Waals surface area contributed by atoms with E-state index in [0.717, 1.165) is 6.42 Å². The van der Waals surface area contributed by atoms with Gasteiger partial charge in [-0.15, -0.1) is 0 Å². The van der Waals surface area contributed by atoms with Crippen LogP contribution in [0.3, 0.4) is 0 Å². The van der Waals surface area contributed by atoms with Gasteiger partial charge >= 0.3 is 0 Å². The minimum absolute atomic E-state index is 0.257. The van der Waals surface area contributed by atoms with Gasteiger partial charge in [0.15, 0.2) is 0 Å². The number of aryl methyl sites for hydroxylation is 1. The van der Waals surface area contributed by atoms with E-state index in [4.69, 9.17) is 27.9 Å². The average molecular weight is 369 g/mol. The molecule has 1 aromatic heterocycles. The molecule has 0 unspecified atom stereocenters. The summed E-state index contributed by atoms with van der Waals surface area (Å²) < 4.78 is 4.99. The summed E-state index contributed by atoms with van der Waals surface area (Å²) in [7, 11) is 1.65. The number of amides is 1. The summed E-state index contributed by atoms with van der Waals surface area (Å²) in [6, 6.07) is 6.42. The summed E-state index contributed by atoms with van der Waals surface area (Å²) in [4.78, 5) is 20.8. The van der Waals surface area contributed by atoms with Gasteiger partial charge in [-0.3, -0.25) is 4.79 Å². The molecule has 24 heavy (non-hydrogen) atoms. The average Bonchev–Trinajstić information content (AvgIpc) is 2.50. The Morgan fingerprint density at radius 2 is 1.88 bits per heavy atom. The largest absolute Gasteiger partial charge is 0.385 e. The van der Waals surface area contributed by atoms with E-state index in [1.807, 2.05) is 0 Å². The van der Waals surface area contributed by atoms with E-state index in [-0.39, 0.29) is 11.6 Å². The van der Waals surface area contributed by atoms with Crippen LogP contribution in [0.4, 0.5) is 11.5 Å². The van der Waals surface area contributed by atoms with E-state index in [0.29, 0.717) is 40.5 Å². The molecule has 0 spiro atoms. The fraction of sp³-hybridized carbons (Fsp3) is 0.312. The zero-order valence-corrected chi connectivity index (χ0v) is 14.9. The lowest BCUT2D eigenvalue weighted by molar-refractivity contribution is 0.102. The van der Waals surface area contributed by atoms with Crippen molar-refractivity contribution < 1.29 is 9.53 Å². The summed E-state index contributed by atoms with van der Waals surface area (Å²) in [5.74, 6) is 0.729. The lowest BCUT2D eigenvalue weighted by Gasteiger charge is -2.09. The van der Waals surface area contributed by atoms with Crippen molar-refractivity contribution >= 4 is 40.6 Å². The van der Waals surface area contributed by atoms with Gasteiger partial charge in [0.1, 0.15) is 17.3 Å². The molecular weight excluding hydrogens is 351 g/mol. The van der Waals surface area contributed by atoms with Gasteiger partial charge in [-0.05, 0) is 31.5 Å². The number of hydrogen-bond acceptors (Lipinski definition) is 5. The molecule has 1 aromatic carbocycles. The predicted molar refractivity (Wildman–Crippen MR) is 96.2 cm³/mol. The number of carbonyl (C=O) groups is 1. The molecular formula is C16H18Cl2N4O2. The number of hydrogen-bond donors (Lipinski definition) is 2. The minimum atomic E-state index is -0.362. The van der Waals surface area contributed by atoms with Crippen LogP contribution in [0, 0.1) is 6.92 Å². The molecule has 0 saturated carbocycles. The lowest BCUT2D eigenvalue weighted by atomic mass is 10.3. The van der Waals surface area contributed by atoms with Crippen molar-refractivity contribution in [3.63, 3.8) is 0 Å². The maximum atomic E-state index is 12.4. The molecule has 2 aromatic rings. The Bertz CT molecular complexity index is 705. The van der Waals surface area contributed by atoms with Gasteiger partial charge in [-0.2, -0.15) is 0 Å². The molecule has 0 fully saturated rings. The number of nitrogens with zero attached hydrogens (tertiary/aromatic N) is 2. The Balaban J connectivity index is 2.09. The smallest absolute Gasteiger partial charge is 0.274 e. The Morgan fingerprint density at radius 3 is 2.54 bits per heavy atom. The van der Waals surface area contributed by atoms with Gasteiger partial charge < -0.3 is 15.4 Å². The maximum absolute atomic E-state index is 12.4. The van der Waals surface area contributed by atoms with E-state index < -0.39 is 0 Å². The fourth-order valence-corrected chi connectivity index (χ4v) is 2.55. The van der Waals surface area contributed by atoms with E-state index >= 15 is 0 Å². The molecule has 0 aliphatic heterocycles. The number of halogens is 2. The number of rotatable bonds is 7. The van der Waals surface area contributed by atoms with Gasteiger partial charge in [0, 0.05) is 42.1 Å². The quantitative estimate of drug-likeness (QED) is 0.727. The van der Waals surface area contributed by atoms with Crippen molar-refractivity contribution in [1.82, 2.24) is 9.97 Å². The monoisotopic (exact) mass is 368 g/mol. The van der Waals surface area contributed by atoms with Gasteiger partial charge in [0.25, 0.3) is 5.91 Å². The standard InChI is InChI=1S/C16H18Cl2N4O2/c1-10-20-14(9-15(21-10)19-4-3-5-24-2)16(23)22-13-7-11(17)6-12(18)8-13/h6-9H,3-5H2,1-2H3,(H,22,23)(H,19,20,21). The van der Waals surface area contributed by atoms with Crippen molar-refractivity contribution in [2.45, 2.75) is 13.3 Å². The zero-order chi connectivity index (χ0) is 17.5. The number of benzene rings is 1. The van der Waals surface area contributed by atoms with Gasteiger partial charge in [-0.1, -0.05) is 23.2 Å². The van der Waals surface area contributed by atoms with Crippen molar-refractivity contribution in [1.29, 1.82) is 0 Å². The Morgan fingerprint density at radius 1 is 1.17 bits per heavy atom. The summed E-state index contributed by atoms with van der Waals surface area (Å²) in [5.41, 5.74) is 0.760. The van der Waals surface area contributed by atoms with E-state index in [2.05, 4.69) is 20.6 Å². The molecule has 1 amide bonds. The maximum Gasteiger partial charge on any atom is 0.274 e. The summed E-state index contributed by atoms with van der Waals surface area (Å²) in [5, 5.41) is 6.75. The predicted octanol–water partition coefficient (Wildman–Crippen LogP) is 3.79. The highest BCUT2D eigenvalue weighted by molar-refractivity contribution is 6.35. The van der Waals surface area contributed by atoms with Crippen LogP contribution in [0.25, 0.3) is 0 Å². The number of aromatic nitrogens is 2. The van der Waals surface area contributed by atoms with Gasteiger partial charge in [-0.25, -0.2) is 9.97 Å². The van der Waals surface area contributed by atoms with Gasteiger partial charge in [0.2, 0.25) is 0 Å². The van der Waals surface area contributed by atoms with Crippen molar-refractivity contribution in [2.24, 2.45) is 0 Å². The first-order valence-corrected chi connectivity index (χ1v) is 8.09. The number of carbonyl (C=O) groups excluding carboxylic acids is 1. The van der Waals surface area contributed by atoms with E-state index in [1.165, 1.54) is 0 Å². The number of nitrogens with one attached hydrogen (secondary N) is 2. The number of methoxy groups -OCH3 is 1. The first kappa shape index (κ1) is 18.4. The third kappa shape index (κ3) is 5.63. The van der Waals surface area contributed by atoms with E-state index in [9.17, 15) is 4.79 Å². The molecule has 1 heterocycles. The number of ether oxygens (including phenoxy) is 1. The van der Waals surface area contributed by atoms with Crippen LogP contribution in [0.1, 0.15) is 22.7 Å². The highest BCUT2D eigenvalue weighted by atomic mass is 35.5. The van der Waals surface area contributed by atoms with Crippen LogP contribution in [0.5, 0.6) is 0 Å².